The van der Waals surface area contributed by atoms with Crippen LogP contribution in [0.15, 0.2) is 53.5 Å². The van der Waals surface area contributed by atoms with Gasteiger partial charge in [-0.25, -0.2) is 9.38 Å². The SMILES string of the molecule is CCNC(=NCc1ccc(F)c(CO)c1)N1CC2OCCN(Cc3ccccc3)C2C1. The van der Waals surface area contributed by atoms with E-state index in [1.807, 2.05) is 6.07 Å². The van der Waals surface area contributed by atoms with E-state index < -0.39 is 0 Å². The van der Waals surface area contributed by atoms with Crippen molar-refractivity contribution in [3.63, 3.8) is 0 Å². The lowest BCUT2D eigenvalue weighted by atomic mass is 10.1. The zero-order chi connectivity index (χ0) is 21.6. The molecule has 2 aromatic carbocycles. The van der Waals surface area contributed by atoms with Crippen LogP contribution in [0.5, 0.6) is 0 Å². The van der Waals surface area contributed by atoms with E-state index >= 15 is 0 Å². The Hall–Kier alpha value is -2.48. The van der Waals surface area contributed by atoms with E-state index in [2.05, 4.69) is 46.3 Å². The number of hydrogen-bond acceptors (Lipinski definition) is 4. The molecule has 0 bridgehead atoms. The highest BCUT2D eigenvalue weighted by Crippen LogP contribution is 2.25. The van der Waals surface area contributed by atoms with Crippen molar-refractivity contribution in [1.29, 1.82) is 0 Å². The summed E-state index contributed by atoms with van der Waals surface area (Å²) in [7, 11) is 0. The summed E-state index contributed by atoms with van der Waals surface area (Å²) in [5, 5.41) is 12.7. The van der Waals surface area contributed by atoms with Crippen LogP contribution >= 0.6 is 0 Å². The zero-order valence-electron chi connectivity index (χ0n) is 18.0. The zero-order valence-corrected chi connectivity index (χ0v) is 18.0. The molecule has 2 heterocycles. The molecule has 31 heavy (non-hydrogen) atoms. The number of fused-ring (bicyclic) bond motifs is 1. The number of guanidine groups is 1. The number of likely N-dealkylation sites (tertiary alicyclic amines) is 1. The summed E-state index contributed by atoms with van der Waals surface area (Å²) in [5.41, 5.74) is 2.49. The third kappa shape index (κ3) is 5.23. The summed E-state index contributed by atoms with van der Waals surface area (Å²) in [6.45, 7) is 7.19. The van der Waals surface area contributed by atoms with Gasteiger partial charge in [0.05, 0.1) is 31.9 Å². The van der Waals surface area contributed by atoms with Gasteiger partial charge in [0.15, 0.2) is 5.96 Å². The second kappa shape index (κ2) is 10.2. The van der Waals surface area contributed by atoms with E-state index in [0.29, 0.717) is 18.2 Å². The van der Waals surface area contributed by atoms with Crippen LogP contribution in [0, 0.1) is 5.82 Å². The monoisotopic (exact) mass is 426 g/mol. The van der Waals surface area contributed by atoms with Gasteiger partial charge in [-0.3, -0.25) is 4.90 Å². The van der Waals surface area contributed by atoms with Crippen molar-refractivity contribution in [2.45, 2.75) is 38.8 Å². The average molecular weight is 427 g/mol. The Morgan fingerprint density at radius 1 is 1.19 bits per heavy atom. The molecule has 2 fully saturated rings. The van der Waals surface area contributed by atoms with Crippen LogP contribution in [0.3, 0.4) is 0 Å². The first kappa shape index (κ1) is 21.7. The van der Waals surface area contributed by atoms with Gasteiger partial charge in [-0.2, -0.15) is 0 Å². The quantitative estimate of drug-likeness (QED) is 0.549. The number of hydrogen-bond donors (Lipinski definition) is 2. The fourth-order valence-corrected chi connectivity index (χ4v) is 4.39. The van der Waals surface area contributed by atoms with Crippen molar-refractivity contribution < 1.29 is 14.2 Å². The fraction of sp³-hybridized carbons (Fsp3) is 0.458. The molecule has 2 unspecified atom stereocenters. The minimum Gasteiger partial charge on any atom is -0.392 e. The fourth-order valence-electron chi connectivity index (χ4n) is 4.39. The summed E-state index contributed by atoms with van der Waals surface area (Å²) in [4.78, 5) is 9.57. The standard InChI is InChI=1S/C24H31FN4O2/c1-2-26-24(27-13-19-8-9-21(25)20(12-19)17-30)29-15-22-23(16-29)31-11-10-28(22)14-18-6-4-3-5-7-18/h3-9,12,22-23,30H,2,10-11,13-17H2,1H3,(H,26,27). The van der Waals surface area contributed by atoms with Crippen molar-refractivity contribution in [3.05, 3.63) is 71.0 Å². The lowest BCUT2D eigenvalue weighted by Gasteiger charge is -2.36. The molecular weight excluding hydrogens is 395 g/mol. The third-order valence-electron chi connectivity index (χ3n) is 5.97. The van der Waals surface area contributed by atoms with Gasteiger partial charge >= 0.3 is 0 Å². The van der Waals surface area contributed by atoms with E-state index in [9.17, 15) is 9.50 Å². The van der Waals surface area contributed by atoms with E-state index in [0.717, 1.165) is 50.9 Å². The highest BCUT2D eigenvalue weighted by molar-refractivity contribution is 5.80. The Kier molecular flexibility index (Phi) is 7.17. The number of halogens is 1. The number of nitrogens with zero attached hydrogens (tertiary/aromatic N) is 3. The normalized spacial score (nSPS) is 21.9. The molecule has 2 aliphatic rings. The van der Waals surface area contributed by atoms with Crippen LogP contribution in [0.4, 0.5) is 4.39 Å². The number of aliphatic hydroxyl groups is 1. The highest BCUT2D eigenvalue weighted by Gasteiger charge is 2.41. The molecule has 2 saturated heterocycles. The predicted octanol–water partition coefficient (Wildman–Crippen LogP) is 2.37. The van der Waals surface area contributed by atoms with Crippen LogP contribution in [-0.2, 0) is 24.4 Å². The number of rotatable bonds is 6. The Morgan fingerprint density at radius 2 is 2.03 bits per heavy atom. The summed E-state index contributed by atoms with van der Waals surface area (Å²) < 4.78 is 19.8. The van der Waals surface area contributed by atoms with Gasteiger partial charge < -0.3 is 20.1 Å². The third-order valence-corrected chi connectivity index (χ3v) is 5.97. The second-order valence-electron chi connectivity index (χ2n) is 8.09. The molecule has 2 N–H and O–H groups in total. The van der Waals surface area contributed by atoms with Crippen molar-refractivity contribution in [2.24, 2.45) is 4.99 Å². The Balaban J connectivity index is 1.46. The number of benzene rings is 2. The Labute approximate surface area is 183 Å². The summed E-state index contributed by atoms with van der Waals surface area (Å²) in [5.74, 6) is 0.455. The van der Waals surface area contributed by atoms with Crippen molar-refractivity contribution in [2.75, 3.05) is 32.8 Å². The molecule has 0 aromatic heterocycles. The van der Waals surface area contributed by atoms with Gasteiger partial charge in [0.25, 0.3) is 0 Å². The Morgan fingerprint density at radius 3 is 2.81 bits per heavy atom. The molecule has 2 atom stereocenters. The van der Waals surface area contributed by atoms with Gasteiger partial charge in [0.1, 0.15) is 5.82 Å². The summed E-state index contributed by atoms with van der Waals surface area (Å²) >= 11 is 0. The molecule has 7 heteroatoms. The van der Waals surface area contributed by atoms with Crippen molar-refractivity contribution in [3.8, 4) is 0 Å². The van der Waals surface area contributed by atoms with Gasteiger partial charge in [-0.05, 0) is 30.2 Å². The van der Waals surface area contributed by atoms with E-state index in [4.69, 9.17) is 9.73 Å². The van der Waals surface area contributed by atoms with E-state index in [1.165, 1.54) is 11.6 Å². The van der Waals surface area contributed by atoms with E-state index in [1.54, 1.807) is 12.1 Å². The van der Waals surface area contributed by atoms with Gasteiger partial charge in [0.2, 0.25) is 0 Å². The first-order valence-electron chi connectivity index (χ1n) is 11.0. The number of ether oxygens (including phenoxy) is 1. The van der Waals surface area contributed by atoms with Crippen LogP contribution in [0.25, 0.3) is 0 Å². The molecule has 2 aromatic rings. The molecule has 4 rings (SSSR count). The molecule has 0 aliphatic carbocycles. The Bertz CT molecular complexity index is 892. The highest BCUT2D eigenvalue weighted by atomic mass is 19.1. The minimum absolute atomic E-state index is 0.160. The van der Waals surface area contributed by atoms with Gasteiger partial charge in [-0.15, -0.1) is 0 Å². The number of morpholine rings is 1. The lowest BCUT2D eigenvalue weighted by molar-refractivity contribution is -0.0502. The molecule has 0 radical (unpaired) electrons. The second-order valence-corrected chi connectivity index (χ2v) is 8.09. The number of aliphatic imine (C=N–C) groups is 1. The van der Waals surface area contributed by atoms with Crippen LogP contribution in [-0.4, -0.2) is 65.8 Å². The van der Waals surface area contributed by atoms with Crippen molar-refractivity contribution in [1.82, 2.24) is 15.1 Å². The largest absolute Gasteiger partial charge is 0.392 e. The maximum atomic E-state index is 13.7. The summed E-state index contributed by atoms with van der Waals surface area (Å²) in [6.07, 6.45) is 0.160. The number of nitrogens with one attached hydrogen (secondary N) is 1. The first-order chi connectivity index (χ1) is 15.2. The maximum absolute atomic E-state index is 13.7. The van der Waals surface area contributed by atoms with Crippen LogP contribution in [0.2, 0.25) is 0 Å². The molecule has 2 aliphatic heterocycles. The molecule has 6 nitrogen and oxygen atoms in total. The van der Waals surface area contributed by atoms with Crippen molar-refractivity contribution >= 4 is 5.96 Å². The average Bonchev–Trinajstić information content (AvgIpc) is 3.23. The van der Waals surface area contributed by atoms with Crippen LogP contribution in [0.1, 0.15) is 23.6 Å². The summed E-state index contributed by atoms with van der Waals surface area (Å²) in [6, 6.07) is 15.7. The lowest BCUT2D eigenvalue weighted by Crippen LogP contribution is -2.50. The molecule has 0 amide bonds. The molecule has 0 saturated carbocycles. The van der Waals surface area contributed by atoms with E-state index in [-0.39, 0.29) is 18.5 Å². The smallest absolute Gasteiger partial charge is 0.194 e. The molecule has 166 valence electrons. The predicted molar refractivity (Wildman–Crippen MR) is 119 cm³/mol. The number of aliphatic hydroxyl groups excluding tert-OH is 1. The van der Waals surface area contributed by atoms with Crippen LogP contribution < -0.4 is 5.32 Å². The maximum Gasteiger partial charge on any atom is 0.194 e. The topological polar surface area (TPSA) is 60.3 Å². The van der Waals surface area contributed by atoms with Gasteiger partial charge in [0, 0.05) is 38.3 Å². The minimum atomic E-state index is -0.388. The molecular formula is C24H31FN4O2. The first-order valence-corrected chi connectivity index (χ1v) is 11.0. The molecule has 0 spiro atoms. The van der Waals surface area contributed by atoms with Gasteiger partial charge in [-0.1, -0.05) is 36.4 Å².